The number of aromatic amines is 2. The van der Waals surface area contributed by atoms with Gasteiger partial charge in [-0.25, -0.2) is 29.5 Å². The number of rotatable bonds is 15. The molecule has 8 rings (SSSR count). The van der Waals surface area contributed by atoms with E-state index in [4.69, 9.17) is 30.5 Å². The van der Waals surface area contributed by atoms with Crippen molar-refractivity contribution in [3.05, 3.63) is 76.2 Å². The highest BCUT2D eigenvalue weighted by molar-refractivity contribution is 6.76. The van der Waals surface area contributed by atoms with Gasteiger partial charge in [-0.15, -0.1) is 0 Å². The van der Waals surface area contributed by atoms with Crippen LogP contribution in [0.5, 0.6) is 0 Å². The minimum absolute atomic E-state index is 0.324. The lowest BCUT2D eigenvalue weighted by molar-refractivity contribution is 0.0508. The summed E-state index contributed by atoms with van der Waals surface area (Å²) in [7, 11) is -2.14. The van der Waals surface area contributed by atoms with Crippen LogP contribution in [0.4, 0.5) is 5.82 Å². The second-order valence-electron chi connectivity index (χ2n) is 17.7. The van der Waals surface area contributed by atoms with Crippen molar-refractivity contribution in [3.63, 3.8) is 0 Å². The first kappa shape index (κ1) is 47.5. The average Bonchev–Trinajstić information content (AvgIpc) is 4.06. The van der Waals surface area contributed by atoms with E-state index in [0.29, 0.717) is 56.3 Å². The second kappa shape index (κ2) is 21.6. The largest absolute Gasteiger partial charge is 0.461 e. The molecule has 0 atom stereocenters. The van der Waals surface area contributed by atoms with Crippen molar-refractivity contribution in [2.45, 2.75) is 105 Å². The molecule has 18 nitrogen and oxygen atoms in total. The van der Waals surface area contributed by atoms with Crippen LogP contribution in [-0.4, -0.2) is 117 Å². The fourth-order valence-corrected chi connectivity index (χ4v) is 8.65. The van der Waals surface area contributed by atoms with E-state index in [0.717, 1.165) is 95.6 Å². The molecule has 6 aromatic heterocycles. The number of hydrogen-bond donors (Lipinski definition) is 3. The number of nitrogens with zero attached hydrogens (tertiary/aromatic N) is 9. The number of ether oxygens (including phenoxy) is 4. The number of halogens is 1. The minimum Gasteiger partial charge on any atom is -0.461 e. The summed E-state index contributed by atoms with van der Waals surface area (Å²) in [5.41, 5.74) is 6.32. The number of carbonyl (C=O) groups is 2. The average molecular weight is 922 g/mol. The number of hydrogen-bond acceptors (Lipinski definition) is 14. The van der Waals surface area contributed by atoms with Gasteiger partial charge in [0.1, 0.15) is 48.4 Å². The maximum atomic E-state index is 12.3. The van der Waals surface area contributed by atoms with E-state index in [1.165, 1.54) is 12.4 Å². The molecule has 340 valence electrons. The van der Waals surface area contributed by atoms with Crippen LogP contribution in [0.1, 0.15) is 57.3 Å². The van der Waals surface area contributed by atoms with Gasteiger partial charge in [-0.1, -0.05) is 50.9 Å². The van der Waals surface area contributed by atoms with E-state index in [1.807, 2.05) is 33.7 Å². The molecule has 0 radical (unpaired) electrons. The number of fused-ring (bicyclic) bond motifs is 4. The van der Waals surface area contributed by atoms with Gasteiger partial charge in [-0.3, -0.25) is 10.2 Å². The Morgan fingerprint density at radius 2 is 1.27 bits per heavy atom. The highest BCUT2D eigenvalue weighted by Crippen LogP contribution is 2.30. The van der Waals surface area contributed by atoms with Gasteiger partial charge in [0, 0.05) is 103 Å². The third-order valence-corrected chi connectivity index (χ3v) is 14.2. The van der Waals surface area contributed by atoms with Crippen molar-refractivity contribution in [2.75, 3.05) is 44.4 Å². The maximum absolute atomic E-state index is 12.3. The van der Waals surface area contributed by atoms with Crippen molar-refractivity contribution in [2.24, 2.45) is 0 Å². The van der Waals surface area contributed by atoms with Gasteiger partial charge in [0.2, 0.25) is 0 Å². The Labute approximate surface area is 374 Å². The van der Waals surface area contributed by atoms with Gasteiger partial charge in [-0.2, -0.15) is 10.2 Å². The lowest BCUT2D eigenvalue weighted by Gasteiger charge is -2.28. The zero-order valence-electron chi connectivity index (χ0n) is 37.7. The molecule has 0 amide bonds. The molecule has 0 spiro atoms. The Morgan fingerprint density at radius 3 is 1.86 bits per heavy atom. The van der Waals surface area contributed by atoms with Crippen molar-refractivity contribution in [3.8, 4) is 0 Å². The minimum atomic E-state index is -1.11. The number of carbonyl (C=O) groups excluding carboxylic acids is 2. The van der Waals surface area contributed by atoms with E-state index < -0.39 is 22.1 Å². The van der Waals surface area contributed by atoms with Gasteiger partial charge < -0.3 is 38.3 Å². The Hall–Kier alpha value is -5.00. The summed E-state index contributed by atoms with van der Waals surface area (Å²) in [6.45, 7) is 23.8. The first-order chi connectivity index (χ1) is 30.2. The molecule has 21 heteroatoms. The standard InChI is InChI=1S/C21H30N6O3Si.C12H18ClN3OSi.C9H13N3O2/c1-5-30-21(28)18-16-12-26(9-7-17(16)24-25-18)19-15-6-8-27(20(15)23-13-22-19)14-29-10-11-31(2,3)4;1-18(2,3)7-6-17-9-16-5-4-10-11(13)14-8-15-12(10)16;1-2-14-9(13)8-6-5-10-4-3-7(6)11-12-8/h6,8,13H,5,7,9-12,14H2,1-4H3,(H,24,25);4-5,8H,6-7,9H2,1-3H3;10H,2-5H2,1H3,(H,11,12). The predicted molar refractivity (Wildman–Crippen MR) is 248 cm³/mol. The number of nitrogens with one attached hydrogen (secondary N) is 3. The second-order valence-corrected chi connectivity index (χ2v) is 29.3. The van der Waals surface area contributed by atoms with Gasteiger partial charge >= 0.3 is 11.9 Å². The zero-order chi connectivity index (χ0) is 45.1. The van der Waals surface area contributed by atoms with E-state index in [-0.39, 0.29) is 5.97 Å². The molecule has 6 aromatic rings. The van der Waals surface area contributed by atoms with E-state index >= 15 is 0 Å². The molecule has 63 heavy (non-hydrogen) atoms. The Bertz CT molecular complexity index is 2450. The number of esters is 2. The zero-order valence-corrected chi connectivity index (χ0v) is 40.5. The molecule has 0 fully saturated rings. The number of H-pyrrole nitrogens is 2. The molecule has 8 heterocycles. The lowest BCUT2D eigenvalue weighted by atomic mass is 10.1. The quantitative estimate of drug-likeness (QED) is 0.0418. The predicted octanol–water partition coefficient (Wildman–Crippen LogP) is 6.84. The summed E-state index contributed by atoms with van der Waals surface area (Å²) in [5, 5.41) is 19.6. The molecule has 0 saturated carbocycles. The third-order valence-electron chi connectivity index (χ3n) is 10.5. The van der Waals surface area contributed by atoms with Crippen LogP contribution in [0.3, 0.4) is 0 Å². The van der Waals surface area contributed by atoms with Crippen molar-refractivity contribution in [1.82, 2.24) is 54.8 Å². The summed E-state index contributed by atoms with van der Waals surface area (Å²) >= 11 is 5.99. The Kier molecular flexibility index (Phi) is 16.3. The van der Waals surface area contributed by atoms with Gasteiger partial charge in [0.05, 0.1) is 24.0 Å². The fraction of sp³-hybridized carbons (Fsp3) is 0.524. The normalized spacial score (nSPS) is 13.8. The number of anilines is 1. The monoisotopic (exact) mass is 920 g/mol. The van der Waals surface area contributed by atoms with Crippen LogP contribution in [0.25, 0.3) is 22.1 Å². The summed E-state index contributed by atoms with van der Waals surface area (Å²) in [6, 6.07) is 6.25. The first-order valence-corrected chi connectivity index (χ1v) is 29.3. The fourth-order valence-electron chi connectivity index (χ4n) is 6.94. The summed E-state index contributed by atoms with van der Waals surface area (Å²) in [6.07, 6.45) is 8.64. The van der Waals surface area contributed by atoms with Crippen LogP contribution >= 0.6 is 11.6 Å². The van der Waals surface area contributed by atoms with Gasteiger partial charge in [-0.05, 0) is 38.1 Å². The van der Waals surface area contributed by atoms with E-state index in [9.17, 15) is 9.59 Å². The van der Waals surface area contributed by atoms with Crippen LogP contribution in [0.2, 0.25) is 56.5 Å². The summed E-state index contributed by atoms with van der Waals surface area (Å²) in [5.74, 6) is 0.123. The highest BCUT2D eigenvalue weighted by atomic mass is 35.5. The molecular formula is C42H61ClN12O6Si2. The Morgan fingerprint density at radius 1 is 0.730 bits per heavy atom. The van der Waals surface area contributed by atoms with Crippen LogP contribution < -0.4 is 10.2 Å². The smallest absolute Gasteiger partial charge is 0.359 e. The molecular weight excluding hydrogens is 860 g/mol. The molecule has 0 unspecified atom stereocenters. The van der Waals surface area contributed by atoms with Crippen LogP contribution in [0.15, 0.2) is 37.2 Å². The van der Waals surface area contributed by atoms with Gasteiger partial charge in [0.15, 0.2) is 11.4 Å². The molecule has 2 aliphatic heterocycles. The highest BCUT2D eigenvalue weighted by Gasteiger charge is 2.28. The molecule has 0 bridgehead atoms. The summed E-state index contributed by atoms with van der Waals surface area (Å²) in [4.78, 5) is 43.1. The Balaban J connectivity index is 0.000000174. The van der Waals surface area contributed by atoms with Crippen LogP contribution in [0, 0.1) is 0 Å². The molecule has 0 saturated heterocycles. The molecule has 2 aliphatic rings. The molecule has 0 aromatic carbocycles. The van der Waals surface area contributed by atoms with Crippen molar-refractivity contribution >= 4 is 67.6 Å². The lowest BCUT2D eigenvalue weighted by Crippen LogP contribution is -2.31. The van der Waals surface area contributed by atoms with Gasteiger partial charge in [0.25, 0.3) is 0 Å². The van der Waals surface area contributed by atoms with Crippen LogP contribution in [-0.2, 0) is 58.3 Å². The van der Waals surface area contributed by atoms with Crippen molar-refractivity contribution < 1.29 is 28.5 Å². The number of aromatic nitrogens is 10. The maximum Gasteiger partial charge on any atom is 0.359 e. The molecule has 3 N–H and O–H groups in total. The summed E-state index contributed by atoms with van der Waals surface area (Å²) < 4.78 is 25.6. The third kappa shape index (κ3) is 12.6. The SMILES string of the molecule is CCOC(=O)c1n[nH]c2c1CN(c1ncnc3c1ccn3COCC[Si](C)(C)C)CC2.CCOC(=O)c1n[nH]c2c1CNCC2.C[Si](C)(C)CCOCn1ccc2c(Cl)ncnc21. The topological polar surface area (TPSA) is 205 Å². The molecule has 0 aliphatic carbocycles. The van der Waals surface area contributed by atoms with E-state index in [1.54, 1.807) is 20.2 Å². The van der Waals surface area contributed by atoms with E-state index in [2.05, 4.69) is 89.8 Å². The first-order valence-electron chi connectivity index (χ1n) is 21.5. The van der Waals surface area contributed by atoms with Crippen molar-refractivity contribution in [1.29, 1.82) is 0 Å².